The van der Waals surface area contributed by atoms with E-state index in [9.17, 15) is 14.7 Å². The summed E-state index contributed by atoms with van der Waals surface area (Å²) in [4.78, 5) is 27.7. The van der Waals surface area contributed by atoms with E-state index in [1.165, 1.54) is 6.20 Å². The quantitative estimate of drug-likeness (QED) is 0.884. The molecule has 0 unspecified atom stereocenters. The fraction of sp³-hybridized carbons (Fsp3) is 0.533. The zero-order valence-electron chi connectivity index (χ0n) is 11.6. The first-order valence-corrected chi connectivity index (χ1v) is 7.03. The molecule has 1 fully saturated rings. The zero-order chi connectivity index (χ0) is 14.6. The van der Waals surface area contributed by atoms with Crippen LogP contribution in [0.3, 0.4) is 0 Å². The van der Waals surface area contributed by atoms with Crippen molar-refractivity contribution in [2.75, 3.05) is 0 Å². The summed E-state index contributed by atoms with van der Waals surface area (Å²) in [5.41, 5.74) is -0.732. The molecule has 1 aromatic rings. The predicted molar refractivity (Wildman–Crippen MR) is 74.3 cm³/mol. The van der Waals surface area contributed by atoms with Crippen LogP contribution < -0.4 is 5.32 Å². The fourth-order valence-corrected chi connectivity index (χ4v) is 2.76. The van der Waals surface area contributed by atoms with Crippen molar-refractivity contribution in [1.29, 1.82) is 0 Å². The minimum absolute atomic E-state index is 0.365. The van der Waals surface area contributed by atoms with Crippen LogP contribution >= 0.6 is 0 Å². The number of aromatic nitrogens is 1. The molecule has 1 aliphatic rings. The van der Waals surface area contributed by atoms with Crippen LogP contribution in [0, 0.1) is 5.92 Å². The van der Waals surface area contributed by atoms with Crippen LogP contribution in [0.1, 0.15) is 49.4 Å². The second-order valence-corrected chi connectivity index (χ2v) is 5.43. The summed E-state index contributed by atoms with van der Waals surface area (Å²) >= 11 is 0. The number of pyridine rings is 1. The Morgan fingerprint density at radius 2 is 2.15 bits per heavy atom. The molecular weight excluding hydrogens is 256 g/mol. The van der Waals surface area contributed by atoms with Crippen molar-refractivity contribution in [1.82, 2.24) is 10.3 Å². The maximum Gasteiger partial charge on any atom is 0.329 e. The van der Waals surface area contributed by atoms with Crippen LogP contribution in [0.15, 0.2) is 24.5 Å². The van der Waals surface area contributed by atoms with E-state index in [4.69, 9.17) is 0 Å². The summed E-state index contributed by atoms with van der Waals surface area (Å²) in [5, 5.41) is 12.2. The largest absolute Gasteiger partial charge is 0.480 e. The number of amides is 1. The fourth-order valence-electron chi connectivity index (χ4n) is 2.76. The van der Waals surface area contributed by atoms with Crippen LogP contribution in [-0.4, -0.2) is 27.5 Å². The Morgan fingerprint density at radius 3 is 2.65 bits per heavy atom. The molecule has 2 N–H and O–H groups in total. The molecule has 0 aromatic carbocycles. The molecule has 1 aliphatic carbocycles. The van der Waals surface area contributed by atoms with E-state index in [0.29, 0.717) is 24.3 Å². The van der Waals surface area contributed by atoms with Gasteiger partial charge in [-0.1, -0.05) is 13.3 Å². The highest BCUT2D eigenvalue weighted by Gasteiger charge is 2.43. The molecule has 0 bridgehead atoms. The minimum Gasteiger partial charge on any atom is -0.480 e. The molecule has 20 heavy (non-hydrogen) atoms. The summed E-state index contributed by atoms with van der Waals surface area (Å²) in [6.07, 6.45) is 6.76. The van der Waals surface area contributed by atoms with Crippen molar-refractivity contribution >= 4 is 11.9 Å². The number of rotatable bonds is 4. The summed E-state index contributed by atoms with van der Waals surface area (Å²) in [7, 11) is 0. The van der Waals surface area contributed by atoms with Crippen molar-refractivity contribution in [2.24, 2.45) is 5.92 Å². The van der Waals surface area contributed by atoms with Crippen LogP contribution in [0.2, 0.25) is 0 Å². The third kappa shape index (κ3) is 2.98. The maximum absolute atomic E-state index is 12.2. The molecule has 0 radical (unpaired) electrons. The molecule has 0 saturated heterocycles. The number of nitrogens with zero attached hydrogens (tertiary/aromatic N) is 1. The van der Waals surface area contributed by atoms with Gasteiger partial charge in [0.1, 0.15) is 5.54 Å². The molecule has 108 valence electrons. The van der Waals surface area contributed by atoms with Gasteiger partial charge in [-0.3, -0.25) is 9.78 Å². The van der Waals surface area contributed by atoms with Gasteiger partial charge >= 0.3 is 5.97 Å². The highest BCUT2D eigenvalue weighted by molar-refractivity contribution is 5.97. The number of nitrogens with one attached hydrogen (secondary N) is 1. The second kappa shape index (κ2) is 6.03. The second-order valence-electron chi connectivity index (χ2n) is 5.43. The molecular formula is C15H20N2O3. The molecule has 1 amide bonds. The molecule has 1 heterocycles. The Kier molecular flexibility index (Phi) is 4.37. The van der Waals surface area contributed by atoms with Crippen LogP contribution in [0.25, 0.3) is 0 Å². The monoisotopic (exact) mass is 276 g/mol. The van der Waals surface area contributed by atoms with E-state index >= 15 is 0 Å². The number of carbonyl (C=O) groups excluding carboxylic acids is 1. The third-order valence-electron chi connectivity index (χ3n) is 4.22. The molecule has 5 heteroatoms. The Balaban J connectivity index is 2.11. The first kappa shape index (κ1) is 14.5. The van der Waals surface area contributed by atoms with E-state index in [2.05, 4.69) is 17.2 Å². The minimum atomic E-state index is -1.13. The van der Waals surface area contributed by atoms with E-state index in [0.717, 1.165) is 19.3 Å². The van der Waals surface area contributed by atoms with Gasteiger partial charge in [-0.25, -0.2) is 4.79 Å². The van der Waals surface area contributed by atoms with E-state index in [-0.39, 0.29) is 5.91 Å². The number of hydrogen-bond donors (Lipinski definition) is 2. The topological polar surface area (TPSA) is 79.3 Å². The summed E-state index contributed by atoms with van der Waals surface area (Å²) in [6, 6.07) is 3.30. The number of carboxylic acid groups (broad SMARTS) is 1. The zero-order valence-corrected chi connectivity index (χ0v) is 11.6. The molecule has 2 rings (SSSR count). The molecule has 5 nitrogen and oxygen atoms in total. The summed E-state index contributed by atoms with van der Waals surface area (Å²) in [6.45, 7) is 2.12. The Labute approximate surface area is 118 Å². The summed E-state index contributed by atoms with van der Waals surface area (Å²) < 4.78 is 0. The maximum atomic E-state index is 12.2. The van der Waals surface area contributed by atoms with Crippen LogP contribution in [0.4, 0.5) is 0 Å². The standard InChI is InChI=1S/C15H20N2O3/c1-2-11-5-7-15(8-6-11,14(19)20)17-13(18)12-4-3-9-16-10-12/h3-4,9-11H,2,5-8H2,1H3,(H,17,18)(H,19,20). The molecule has 1 saturated carbocycles. The lowest BCUT2D eigenvalue weighted by Crippen LogP contribution is -2.56. The van der Waals surface area contributed by atoms with Gasteiger partial charge < -0.3 is 10.4 Å². The predicted octanol–water partition coefficient (Wildman–Crippen LogP) is 2.24. The number of hydrogen-bond acceptors (Lipinski definition) is 3. The first-order valence-electron chi connectivity index (χ1n) is 7.03. The van der Waals surface area contributed by atoms with E-state index in [1.54, 1.807) is 18.3 Å². The van der Waals surface area contributed by atoms with Gasteiger partial charge in [0.2, 0.25) is 0 Å². The number of aliphatic carboxylic acids is 1. The van der Waals surface area contributed by atoms with Gasteiger partial charge in [-0.2, -0.15) is 0 Å². The highest BCUT2D eigenvalue weighted by Crippen LogP contribution is 2.34. The summed E-state index contributed by atoms with van der Waals surface area (Å²) in [5.74, 6) is -0.738. The van der Waals surface area contributed by atoms with E-state index in [1.807, 2.05) is 0 Å². The van der Waals surface area contributed by atoms with Crippen molar-refractivity contribution < 1.29 is 14.7 Å². The lowest BCUT2D eigenvalue weighted by atomic mass is 9.75. The average molecular weight is 276 g/mol. The van der Waals surface area contributed by atoms with Gasteiger partial charge in [0.25, 0.3) is 5.91 Å². The van der Waals surface area contributed by atoms with Gasteiger partial charge in [0.15, 0.2) is 0 Å². The first-order chi connectivity index (χ1) is 9.57. The van der Waals surface area contributed by atoms with Gasteiger partial charge in [0, 0.05) is 12.4 Å². The SMILES string of the molecule is CCC1CCC(NC(=O)c2cccnc2)(C(=O)O)CC1. The van der Waals surface area contributed by atoms with Gasteiger partial charge in [0.05, 0.1) is 5.56 Å². The number of carboxylic acids is 1. The Hall–Kier alpha value is -1.91. The van der Waals surface area contributed by atoms with Gasteiger partial charge in [-0.15, -0.1) is 0 Å². The van der Waals surface area contributed by atoms with Crippen LogP contribution in [0.5, 0.6) is 0 Å². The van der Waals surface area contributed by atoms with Crippen molar-refractivity contribution in [2.45, 2.75) is 44.6 Å². The molecule has 0 aliphatic heterocycles. The normalized spacial score (nSPS) is 25.9. The lowest BCUT2D eigenvalue weighted by Gasteiger charge is -2.37. The van der Waals surface area contributed by atoms with Crippen LogP contribution in [-0.2, 0) is 4.79 Å². The number of carbonyl (C=O) groups is 2. The van der Waals surface area contributed by atoms with Gasteiger partial charge in [-0.05, 0) is 43.7 Å². The molecule has 1 aromatic heterocycles. The van der Waals surface area contributed by atoms with E-state index < -0.39 is 11.5 Å². The van der Waals surface area contributed by atoms with Crippen molar-refractivity contribution in [3.63, 3.8) is 0 Å². The Bertz CT molecular complexity index is 479. The van der Waals surface area contributed by atoms with Crippen molar-refractivity contribution in [3.8, 4) is 0 Å². The highest BCUT2D eigenvalue weighted by atomic mass is 16.4. The lowest BCUT2D eigenvalue weighted by molar-refractivity contribution is -0.146. The molecule has 0 spiro atoms. The smallest absolute Gasteiger partial charge is 0.329 e. The molecule has 0 atom stereocenters. The average Bonchev–Trinajstić information content (AvgIpc) is 2.48. The third-order valence-corrected chi connectivity index (χ3v) is 4.22. The van der Waals surface area contributed by atoms with Crippen molar-refractivity contribution in [3.05, 3.63) is 30.1 Å². The Morgan fingerprint density at radius 1 is 1.45 bits per heavy atom.